The third kappa shape index (κ3) is 4.97. The lowest BCUT2D eigenvalue weighted by Gasteiger charge is -2.14. The van der Waals surface area contributed by atoms with E-state index in [1.807, 2.05) is 70.0 Å². The summed E-state index contributed by atoms with van der Waals surface area (Å²) in [6.45, 7) is 2.19. The minimum atomic E-state index is -1.12. The van der Waals surface area contributed by atoms with Crippen LogP contribution in [0.2, 0.25) is 0 Å². The van der Waals surface area contributed by atoms with E-state index in [1.165, 1.54) is 0 Å². The second-order valence-corrected chi connectivity index (χ2v) is 24.2. The molecule has 0 saturated carbocycles. The highest BCUT2D eigenvalue weighted by molar-refractivity contribution is 9.57. The van der Waals surface area contributed by atoms with E-state index in [9.17, 15) is 0 Å². The van der Waals surface area contributed by atoms with Gasteiger partial charge in [0.1, 0.15) is 0 Å². The molecule has 0 spiro atoms. The molecule has 9 heteroatoms. The topological polar surface area (TPSA) is 0 Å². The Labute approximate surface area is 91.6 Å². The molecule has 1 aliphatic heterocycles. The summed E-state index contributed by atoms with van der Waals surface area (Å²) in [4.78, 5) is 0. The molecule has 1 aliphatic rings. The zero-order chi connectivity index (χ0) is 7.45. The van der Waals surface area contributed by atoms with E-state index >= 15 is 0 Å². The van der Waals surface area contributed by atoms with Gasteiger partial charge in [-0.2, -0.15) is 0 Å². The van der Waals surface area contributed by atoms with Crippen molar-refractivity contribution in [1.29, 1.82) is 0 Å². The van der Waals surface area contributed by atoms with Gasteiger partial charge in [0.2, 0.25) is 0 Å². The van der Waals surface area contributed by atoms with Crippen molar-refractivity contribution < 1.29 is 0 Å². The van der Waals surface area contributed by atoms with Crippen LogP contribution in [0.3, 0.4) is 0 Å². The molecule has 0 atom stereocenters. The van der Waals surface area contributed by atoms with Gasteiger partial charge in [-0.25, -0.2) is 0 Å². The maximum absolute atomic E-state index is 5.40. The van der Waals surface area contributed by atoms with E-state index < -0.39 is 4.44 Å². The lowest BCUT2D eigenvalue weighted by Crippen LogP contribution is -1.55. The molecule has 1 rings (SSSR count). The van der Waals surface area contributed by atoms with Crippen LogP contribution in [0.25, 0.3) is 0 Å². The molecule has 1 heterocycles. The van der Waals surface area contributed by atoms with E-state index in [0.717, 1.165) is 0 Å². The molecule has 0 radical (unpaired) electrons. The number of hydrogen-bond acceptors (Lipinski definition) is 8. The molecule has 0 unspecified atom stereocenters. The highest BCUT2D eigenvalue weighted by Gasteiger charge is 2.16. The molecule has 0 aliphatic carbocycles. The van der Waals surface area contributed by atoms with E-state index in [4.69, 9.17) is 11.8 Å². The van der Waals surface area contributed by atoms with Crippen molar-refractivity contribution in [3.05, 3.63) is 0 Å². The van der Waals surface area contributed by atoms with Gasteiger partial charge in [0.25, 0.3) is 0 Å². The van der Waals surface area contributed by atoms with Crippen molar-refractivity contribution in [2.45, 2.75) is 0 Å². The minimum absolute atomic E-state index is 1.12. The molecule has 1 fully saturated rings. The molecule has 60 valence electrons. The molecule has 0 nitrogen and oxygen atoms in total. The second kappa shape index (κ2) is 5.75. The molecule has 0 aromatic heterocycles. The van der Waals surface area contributed by atoms with Crippen molar-refractivity contribution in [3.63, 3.8) is 0 Å². The minimum Gasteiger partial charge on any atom is -0.0729 e. The highest BCUT2D eigenvalue weighted by atomic mass is 34.0. The zero-order valence-corrected chi connectivity index (χ0v) is 12.1. The van der Waals surface area contributed by atoms with Crippen LogP contribution in [0.1, 0.15) is 0 Å². The predicted molar refractivity (Wildman–Crippen MR) is 73.3 cm³/mol. The monoisotopic (exact) mass is 302 g/mol. The Kier molecular flexibility index (Phi) is 6.43. The maximum Gasteiger partial charge on any atom is 0.0770 e. The third-order valence-electron chi connectivity index (χ3n) is 0.443. The summed E-state index contributed by atoms with van der Waals surface area (Å²) >= 11 is 5.40. The van der Waals surface area contributed by atoms with E-state index in [-0.39, 0.29) is 0 Å². The summed E-state index contributed by atoms with van der Waals surface area (Å²) in [5.74, 6) is 0. The molecule has 10 heavy (non-hydrogen) atoms. The standard InChI is InChI=1S/CH3PS8/c1-2(3)4-6-8-10-9-7-5-2/h1H3. The van der Waals surface area contributed by atoms with E-state index in [0.29, 0.717) is 0 Å². The molecule has 0 aromatic rings. The molecule has 0 N–H and O–H groups in total. The second-order valence-electron chi connectivity index (χ2n) is 1.26. The van der Waals surface area contributed by atoms with Gasteiger partial charge in [-0.05, 0) is 76.6 Å². The van der Waals surface area contributed by atoms with E-state index in [1.54, 1.807) is 0 Å². The molecule has 1 saturated heterocycles. The van der Waals surface area contributed by atoms with Crippen molar-refractivity contribution >= 4 is 86.2 Å². The molecular weight excluding hydrogens is 300 g/mol. The summed E-state index contributed by atoms with van der Waals surface area (Å²) in [6, 6.07) is 0. The van der Waals surface area contributed by atoms with Gasteiger partial charge in [-0.3, -0.25) is 0 Å². The number of rotatable bonds is 0. The van der Waals surface area contributed by atoms with Gasteiger partial charge >= 0.3 is 0 Å². The van der Waals surface area contributed by atoms with Crippen LogP contribution in [0.5, 0.6) is 0 Å². The summed E-state index contributed by atoms with van der Waals surface area (Å²) in [5.41, 5.74) is 0. The maximum atomic E-state index is 5.40. The first-order chi connectivity index (χ1) is 4.71. The van der Waals surface area contributed by atoms with Crippen molar-refractivity contribution in [2.24, 2.45) is 0 Å². The molecule has 0 aromatic carbocycles. The average Bonchev–Trinajstić information content (AvgIpc) is 1.81. The normalized spacial score (nSPS) is 26.9. The van der Waals surface area contributed by atoms with Crippen molar-refractivity contribution in [2.75, 3.05) is 6.66 Å². The smallest absolute Gasteiger partial charge is 0.0729 e. The number of hydrogen-bond donors (Lipinski definition) is 0. The lowest BCUT2D eigenvalue weighted by atomic mass is 12.0. The van der Waals surface area contributed by atoms with Gasteiger partial charge in [0.05, 0.1) is 4.44 Å². The quantitative estimate of drug-likeness (QED) is 0.416. The van der Waals surface area contributed by atoms with Crippen LogP contribution in [0.4, 0.5) is 0 Å². The van der Waals surface area contributed by atoms with Gasteiger partial charge < -0.3 is 0 Å². The largest absolute Gasteiger partial charge is 0.0770 e. The van der Waals surface area contributed by atoms with Crippen molar-refractivity contribution in [1.82, 2.24) is 0 Å². The Hall–Kier alpha value is 3.10. The van der Waals surface area contributed by atoms with Gasteiger partial charge in [0.15, 0.2) is 0 Å². The fraction of sp³-hybridized carbons (Fsp3) is 1.00. The Morgan fingerprint density at radius 3 is 1.80 bits per heavy atom. The zero-order valence-electron chi connectivity index (χ0n) is 4.71. The van der Waals surface area contributed by atoms with Crippen LogP contribution in [-0.2, 0) is 11.8 Å². The van der Waals surface area contributed by atoms with Crippen LogP contribution in [0.15, 0.2) is 0 Å². The van der Waals surface area contributed by atoms with Crippen molar-refractivity contribution in [3.8, 4) is 0 Å². The summed E-state index contributed by atoms with van der Waals surface area (Å²) in [6.07, 6.45) is 0. The molecular formula is CH3PS8. The van der Waals surface area contributed by atoms with Crippen LogP contribution in [-0.4, -0.2) is 6.66 Å². The highest BCUT2D eigenvalue weighted by Crippen LogP contribution is 2.81. The first-order valence-electron chi connectivity index (χ1n) is 1.99. The Bertz CT molecular complexity index is 130. The Morgan fingerprint density at radius 2 is 1.30 bits per heavy atom. The van der Waals surface area contributed by atoms with Crippen LogP contribution < -0.4 is 0 Å². The van der Waals surface area contributed by atoms with Gasteiger partial charge in [-0.15, -0.1) is 0 Å². The van der Waals surface area contributed by atoms with E-state index in [2.05, 4.69) is 6.66 Å². The summed E-state index contributed by atoms with van der Waals surface area (Å²) in [5, 5.41) is 0. The predicted octanol–water partition coefficient (Wildman–Crippen LogP) is 5.56. The van der Waals surface area contributed by atoms with Crippen LogP contribution in [0, 0.1) is 0 Å². The molecule has 0 bridgehead atoms. The summed E-state index contributed by atoms with van der Waals surface area (Å²) in [7, 11) is 12.8. The fourth-order valence-corrected chi connectivity index (χ4v) is 34.3. The van der Waals surface area contributed by atoms with Gasteiger partial charge in [0, 0.05) is 0 Å². The Balaban J connectivity index is 2.38. The first kappa shape index (κ1) is 11.2. The van der Waals surface area contributed by atoms with Gasteiger partial charge in [-0.1, -0.05) is 11.8 Å². The molecule has 0 amide bonds. The Morgan fingerprint density at radius 1 is 0.900 bits per heavy atom. The third-order valence-corrected chi connectivity index (χ3v) is 27.8. The fourth-order valence-electron chi connectivity index (χ4n) is 0.182. The summed E-state index contributed by atoms with van der Waals surface area (Å²) < 4.78 is -1.12. The lowest BCUT2D eigenvalue weighted by molar-refractivity contribution is 2.50. The van der Waals surface area contributed by atoms with Crippen LogP contribution >= 0.6 is 74.4 Å². The SMILES string of the molecule is CP1(=S)SSSSSSS1. The average molecular weight is 303 g/mol. The first-order valence-corrected chi connectivity index (χ1v) is 15.3.